The summed E-state index contributed by atoms with van der Waals surface area (Å²) in [7, 11) is 0. The molecule has 148 valence electrons. The van der Waals surface area contributed by atoms with Gasteiger partial charge in [-0.15, -0.1) is 10.1 Å². The number of aliphatic carboxylic acids is 1. The van der Waals surface area contributed by atoms with Gasteiger partial charge in [0.1, 0.15) is 17.3 Å². The fraction of sp³-hybridized carbons (Fsp3) is 0.105. The molecule has 1 unspecified atom stereocenters. The Balaban J connectivity index is 0.000000552. The van der Waals surface area contributed by atoms with Crippen LogP contribution >= 0.6 is 0 Å². The fourth-order valence-corrected chi connectivity index (χ4v) is 2.94. The minimum Gasteiger partial charge on any atom is -0.480 e. The topological polar surface area (TPSA) is 170 Å². The molecule has 1 atom stereocenters. The number of nitrogens with two attached hydrogens (primary N) is 1. The summed E-state index contributed by atoms with van der Waals surface area (Å²) in [6, 6.07) is 12.9. The van der Waals surface area contributed by atoms with Gasteiger partial charge in [-0.05, 0) is 24.1 Å². The number of rotatable bonds is 3. The molecule has 0 amide bonds. The van der Waals surface area contributed by atoms with E-state index in [9.17, 15) is 9.59 Å². The average Bonchev–Trinajstić information content (AvgIpc) is 2.66. The molecule has 0 spiro atoms. The molecule has 0 saturated heterocycles. The van der Waals surface area contributed by atoms with Crippen molar-refractivity contribution in [1.29, 1.82) is 0 Å². The van der Waals surface area contributed by atoms with Crippen LogP contribution < -0.4 is 11.2 Å². The monoisotopic (exact) mass is 397 g/mol. The molecule has 2 aromatic carbocycles. The first-order valence-electron chi connectivity index (χ1n) is 8.33. The number of aromatic nitrogens is 1. The van der Waals surface area contributed by atoms with Gasteiger partial charge in [-0.1, -0.05) is 30.3 Å². The zero-order valence-electron chi connectivity index (χ0n) is 14.8. The standard InChI is InChI=1S/C19H14N2O4.HNO3/c20-13(19(23)24)7-10-5-6-16-14(8-10)21-18-12-4-2-1-3-11(12)15(22)9-17(18)25-16;2-1(3)4/h1-6,8-9,13H,7,20H2,(H,23,24);(H,2,3,4). The lowest BCUT2D eigenvalue weighted by molar-refractivity contribution is -0.742. The summed E-state index contributed by atoms with van der Waals surface area (Å²) in [6.45, 7) is 0. The maximum absolute atomic E-state index is 12.2. The molecule has 4 rings (SSSR count). The largest absolute Gasteiger partial charge is 0.480 e. The number of benzene rings is 3. The first-order chi connectivity index (χ1) is 13.8. The highest BCUT2D eigenvalue weighted by molar-refractivity contribution is 5.96. The normalized spacial score (nSPS) is 11.8. The van der Waals surface area contributed by atoms with Crippen LogP contribution in [-0.4, -0.2) is 32.4 Å². The molecule has 1 aliphatic carbocycles. The third-order valence-corrected chi connectivity index (χ3v) is 4.19. The lowest BCUT2D eigenvalue weighted by Gasteiger charge is -2.11. The number of hydrogen-bond donors (Lipinski definition) is 3. The summed E-state index contributed by atoms with van der Waals surface area (Å²) in [5.74, 6) is -0.628. The molecule has 1 heterocycles. The number of carboxylic acid groups (broad SMARTS) is 1. The van der Waals surface area contributed by atoms with Crippen molar-refractivity contribution in [2.45, 2.75) is 12.5 Å². The molecule has 2 aromatic rings. The molecule has 29 heavy (non-hydrogen) atoms. The van der Waals surface area contributed by atoms with E-state index >= 15 is 0 Å². The quantitative estimate of drug-likeness (QED) is 0.202. The van der Waals surface area contributed by atoms with E-state index in [0.717, 1.165) is 10.9 Å². The lowest BCUT2D eigenvalue weighted by atomic mass is 10.0. The van der Waals surface area contributed by atoms with Gasteiger partial charge in [-0.3, -0.25) is 9.59 Å². The van der Waals surface area contributed by atoms with E-state index in [0.29, 0.717) is 27.9 Å². The highest BCUT2D eigenvalue weighted by Crippen LogP contribution is 2.30. The van der Waals surface area contributed by atoms with Crippen LogP contribution in [0, 0.1) is 10.1 Å². The van der Waals surface area contributed by atoms with Gasteiger partial charge in [-0.2, -0.15) is 0 Å². The Morgan fingerprint density at radius 3 is 2.52 bits per heavy atom. The van der Waals surface area contributed by atoms with Crippen molar-refractivity contribution < 1.29 is 24.6 Å². The van der Waals surface area contributed by atoms with E-state index in [1.54, 1.807) is 30.3 Å². The van der Waals surface area contributed by atoms with E-state index in [1.807, 2.05) is 12.1 Å². The number of carboxylic acids is 1. The highest BCUT2D eigenvalue weighted by Gasteiger charge is 2.17. The maximum Gasteiger partial charge on any atom is 0.320 e. The molecule has 0 radical (unpaired) electrons. The first-order valence-corrected chi connectivity index (χ1v) is 8.33. The van der Waals surface area contributed by atoms with E-state index in [1.165, 1.54) is 6.07 Å². The Bertz CT molecular complexity index is 1250. The first kappa shape index (κ1) is 19.7. The van der Waals surface area contributed by atoms with Crippen LogP contribution in [0.5, 0.6) is 0 Å². The van der Waals surface area contributed by atoms with Gasteiger partial charge in [-0.25, -0.2) is 4.98 Å². The van der Waals surface area contributed by atoms with Crippen LogP contribution in [0.2, 0.25) is 0 Å². The fourth-order valence-electron chi connectivity index (χ4n) is 2.94. The van der Waals surface area contributed by atoms with Crippen LogP contribution in [0.3, 0.4) is 0 Å². The van der Waals surface area contributed by atoms with E-state index in [2.05, 4.69) is 4.98 Å². The van der Waals surface area contributed by atoms with Crippen molar-refractivity contribution in [2.75, 3.05) is 0 Å². The second kappa shape index (κ2) is 7.90. The second-order valence-corrected chi connectivity index (χ2v) is 6.17. The molecule has 4 N–H and O–H groups in total. The summed E-state index contributed by atoms with van der Waals surface area (Å²) in [6.07, 6.45) is 0.200. The molecular formula is C19H15N3O7. The zero-order valence-corrected chi connectivity index (χ0v) is 14.8. The summed E-state index contributed by atoms with van der Waals surface area (Å²) in [4.78, 5) is 36.1. The number of nitrogens with zero attached hydrogens (tertiary/aromatic N) is 2. The SMILES string of the molecule is NC(Cc1ccc2oc3cc(=O)c4ccccc4c-3nc2c1)C(=O)O.O=[N+]([O-])O. The van der Waals surface area contributed by atoms with Crippen molar-refractivity contribution in [3.63, 3.8) is 0 Å². The molecule has 0 aromatic heterocycles. The molecule has 0 fully saturated rings. The third-order valence-electron chi connectivity index (χ3n) is 4.19. The predicted molar refractivity (Wildman–Crippen MR) is 103 cm³/mol. The second-order valence-electron chi connectivity index (χ2n) is 6.17. The summed E-state index contributed by atoms with van der Waals surface area (Å²) >= 11 is 0. The summed E-state index contributed by atoms with van der Waals surface area (Å²) in [5, 5.41) is 23.9. The van der Waals surface area contributed by atoms with Crippen LogP contribution in [-0.2, 0) is 11.2 Å². The molecule has 10 nitrogen and oxygen atoms in total. The van der Waals surface area contributed by atoms with Gasteiger partial charge in [0.15, 0.2) is 16.8 Å². The van der Waals surface area contributed by atoms with E-state index in [-0.39, 0.29) is 11.8 Å². The number of hydrogen-bond acceptors (Lipinski definition) is 7. The lowest BCUT2D eigenvalue weighted by Crippen LogP contribution is -2.32. The Hall–Kier alpha value is -4.05. The van der Waals surface area contributed by atoms with Gasteiger partial charge in [0.2, 0.25) is 0 Å². The van der Waals surface area contributed by atoms with E-state index in [4.69, 9.17) is 30.6 Å². The van der Waals surface area contributed by atoms with Crippen LogP contribution in [0.1, 0.15) is 5.56 Å². The van der Waals surface area contributed by atoms with E-state index < -0.39 is 17.1 Å². The molecule has 0 saturated carbocycles. The van der Waals surface area contributed by atoms with Crippen molar-refractivity contribution >= 4 is 27.8 Å². The Kier molecular flexibility index (Phi) is 5.37. The van der Waals surface area contributed by atoms with Gasteiger partial charge in [0, 0.05) is 16.8 Å². The Morgan fingerprint density at radius 2 is 1.86 bits per heavy atom. The minimum atomic E-state index is -1.50. The zero-order chi connectivity index (χ0) is 21.1. The minimum absolute atomic E-state index is 0.114. The van der Waals surface area contributed by atoms with Gasteiger partial charge in [0.25, 0.3) is 5.09 Å². The van der Waals surface area contributed by atoms with Crippen molar-refractivity contribution in [2.24, 2.45) is 5.73 Å². The average molecular weight is 397 g/mol. The molecule has 0 bridgehead atoms. The van der Waals surface area contributed by atoms with Gasteiger partial charge in [0.05, 0.1) is 0 Å². The van der Waals surface area contributed by atoms with Gasteiger partial charge < -0.3 is 20.5 Å². The molecule has 10 heteroatoms. The van der Waals surface area contributed by atoms with Crippen LogP contribution in [0.25, 0.3) is 33.3 Å². The maximum atomic E-state index is 12.2. The Labute approximate surface area is 162 Å². The number of fused-ring (bicyclic) bond motifs is 4. The smallest absolute Gasteiger partial charge is 0.320 e. The molecule has 2 aliphatic rings. The summed E-state index contributed by atoms with van der Waals surface area (Å²) < 4.78 is 5.83. The third kappa shape index (κ3) is 4.28. The molecular weight excluding hydrogens is 382 g/mol. The summed E-state index contributed by atoms with van der Waals surface area (Å²) in [5.41, 5.74) is 7.95. The molecule has 1 aliphatic heterocycles. The Morgan fingerprint density at radius 1 is 1.21 bits per heavy atom. The van der Waals surface area contributed by atoms with Crippen molar-refractivity contribution in [1.82, 2.24) is 4.98 Å². The van der Waals surface area contributed by atoms with Crippen molar-refractivity contribution in [3.8, 4) is 11.5 Å². The van der Waals surface area contributed by atoms with Crippen molar-refractivity contribution in [3.05, 3.63) is 74.4 Å². The van der Waals surface area contributed by atoms with Gasteiger partial charge >= 0.3 is 5.97 Å². The number of carbonyl (C=O) groups is 1. The predicted octanol–water partition coefficient (Wildman–Crippen LogP) is 2.05. The highest BCUT2D eigenvalue weighted by atomic mass is 16.9. The van der Waals surface area contributed by atoms with Crippen LogP contribution in [0.15, 0.2) is 57.7 Å². The van der Waals surface area contributed by atoms with Crippen LogP contribution in [0.4, 0.5) is 0 Å².